The molecule has 8 nitrogen and oxygen atoms in total. The van der Waals surface area contributed by atoms with Crippen molar-refractivity contribution in [2.24, 2.45) is 5.10 Å². The van der Waals surface area contributed by atoms with Crippen molar-refractivity contribution in [2.75, 3.05) is 7.11 Å². The van der Waals surface area contributed by atoms with Crippen molar-refractivity contribution >= 4 is 12.1 Å². The smallest absolute Gasteiger partial charge is 0.388 e. The molecule has 0 aliphatic heterocycles. The van der Waals surface area contributed by atoms with Gasteiger partial charge in [-0.2, -0.15) is 13.9 Å². The molecule has 1 aromatic carbocycles. The summed E-state index contributed by atoms with van der Waals surface area (Å²) < 4.78 is 33.8. The first kappa shape index (κ1) is 20.8. The van der Waals surface area contributed by atoms with Crippen LogP contribution in [0.1, 0.15) is 21.6 Å². The van der Waals surface area contributed by atoms with Crippen LogP contribution in [0.4, 0.5) is 8.78 Å². The lowest BCUT2D eigenvalue weighted by Gasteiger charge is -2.06. The van der Waals surface area contributed by atoms with E-state index in [1.54, 1.807) is 13.2 Å². The van der Waals surface area contributed by atoms with Crippen molar-refractivity contribution < 1.29 is 23.0 Å². The number of nitrogens with one attached hydrogen (secondary N) is 1. The number of hydrogen-bond donors (Lipinski definition) is 1. The maximum Gasteiger partial charge on any atom is 0.388 e. The maximum atomic E-state index is 12.3. The Kier molecular flexibility index (Phi) is 6.58. The molecular formula is C20H17F2N5O3. The number of carbonyl (C=O) groups excluding carboxylic acids is 1. The van der Waals surface area contributed by atoms with Gasteiger partial charge in [0.05, 0.1) is 31.4 Å². The minimum absolute atomic E-state index is 0.0277. The first-order chi connectivity index (χ1) is 14.5. The zero-order valence-corrected chi connectivity index (χ0v) is 16.0. The Morgan fingerprint density at radius 2 is 2.03 bits per heavy atom. The van der Waals surface area contributed by atoms with Crippen LogP contribution in [-0.4, -0.2) is 40.8 Å². The van der Waals surface area contributed by atoms with Gasteiger partial charge in [-0.25, -0.2) is 15.4 Å². The van der Waals surface area contributed by atoms with Crippen molar-refractivity contribution in [2.45, 2.75) is 13.5 Å². The van der Waals surface area contributed by atoms with Crippen LogP contribution >= 0.6 is 0 Å². The van der Waals surface area contributed by atoms with Crippen LogP contribution in [-0.2, 0) is 0 Å². The molecule has 0 fully saturated rings. The first-order valence-corrected chi connectivity index (χ1v) is 8.67. The lowest BCUT2D eigenvalue weighted by Crippen LogP contribution is -2.19. The van der Waals surface area contributed by atoms with Gasteiger partial charge in [0.1, 0.15) is 11.4 Å². The molecule has 0 radical (unpaired) electrons. The number of aryl methyl sites for hydroxylation is 1. The van der Waals surface area contributed by atoms with Crippen LogP contribution in [0.25, 0.3) is 11.3 Å². The topological polar surface area (TPSA) is 98.6 Å². The molecule has 154 valence electrons. The van der Waals surface area contributed by atoms with E-state index in [4.69, 9.17) is 4.74 Å². The molecule has 0 atom stereocenters. The van der Waals surface area contributed by atoms with Gasteiger partial charge in [-0.15, -0.1) is 0 Å². The molecule has 1 N–H and O–H groups in total. The van der Waals surface area contributed by atoms with Gasteiger partial charge in [0.2, 0.25) is 5.88 Å². The largest absolute Gasteiger partial charge is 0.497 e. The van der Waals surface area contributed by atoms with Crippen molar-refractivity contribution in [1.82, 2.24) is 20.4 Å². The summed E-state index contributed by atoms with van der Waals surface area (Å²) in [6.45, 7) is -1.06. The fraction of sp³-hybridized carbons (Fsp3) is 0.150. The highest BCUT2D eigenvalue weighted by Gasteiger charge is 2.11. The second-order valence-electron chi connectivity index (χ2n) is 5.97. The normalized spacial score (nSPS) is 11.0. The van der Waals surface area contributed by atoms with Crippen molar-refractivity contribution in [1.29, 1.82) is 0 Å². The number of ether oxygens (including phenoxy) is 2. The standard InChI is InChI=1S/C20H17F2N5O3/c1-12-3-5-15(29-2)7-14(12)9-25-27-19(28)17-11-23-10-16(26-17)13-4-6-18(24-8-13)30-20(21)22/h3-11,20H,1-2H3,(H,27,28)/b25-9+. The molecular weight excluding hydrogens is 396 g/mol. The number of hydrogen-bond acceptors (Lipinski definition) is 7. The van der Waals surface area contributed by atoms with Crippen LogP contribution in [0.3, 0.4) is 0 Å². The Morgan fingerprint density at radius 3 is 2.73 bits per heavy atom. The molecule has 1 amide bonds. The van der Waals surface area contributed by atoms with Crippen LogP contribution in [0, 0.1) is 6.92 Å². The van der Waals surface area contributed by atoms with E-state index in [0.717, 1.165) is 11.1 Å². The van der Waals surface area contributed by atoms with Gasteiger partial charge in [-0.3, -0.25) is 9.78 Å². The van der Waals surface area contributed by atoms with Crippen molar-refractivity contribution in [3.8, 4) is 22.9 Å². The summed E-state index contributed by atoms with van der Waals surface area (Å²) in [4.78, 5) is 24.3. The van der Waals surface area contributed by atoms with E-state index in [9.17, 15) is 13.6 Å². The number of alkyl halides is 2. The highest BCUT2D eigenvalue weighted by molar-refractivity contribution is 5.93. The van der Waals surface area contributed by atoms with Gasteiger partial charge in [0, 0.05) is 23.4 Å². The van der Waals surface area contributed by atoms with Gasteiger partial charge in [-0.05, 0) is 30.7 Å². The number of pyridine rings is 1. The minimum Gasteiger partial charge on any atom is -0.497 e. The van der Waals surface area contributed by atoms with E-state index in [2.05, 4.69) is 30.2 Å². The zero-order chi connectivity index (χ0) is 21.5. The summed E-state index contributed by atoms with van der Waals surface area (Å²) in [5.41, 5.74) is 4.98. The predicted molar refractivity (Wildman–Crippen MR) is 105 cm³/mol. The van der Waals surface area contributed by atoms with E-state index in [1.807, 2.05) is 19.1 Å². The quantitative estimate of drug-likeness (QED) is 0.472. The molecule has 0 aliphatic carbocycles. The second kappa shape index (κ2) is 9.50. The first-order valence-electron chi connectivity index (χ1n) is 8.67. The average Bonchev–Trinajstić information content (AvgIpc) is 2.75. The van der Waals surface area contributed by atoms with E-state index < -0.39 is 12.5 Å². The van der Waals surface area contributed by atoms with Crippen LogP contribution in [0.15, 0.2) is 54.0 Å². The lowest BCUT2D eigenvalue weighted by molar-refractivity contribution is -0.0528. The van der Waals surface area contributed by atoms with Crippen LogP contribution in [0.5, 0.6) is 11.6 Å². The predicted octanol–water partition coefficient (Wildman–Crippen LogP) is 3.22. The Morgan fingerprint density at radius 1 is 1.20 bits per heavy atom. The number of benzene rings is 1. The Labute approximate surface area is 170 Å². The molecule has 0 spiro atoms. The highest BCUT2D eigenvalue weighted by Crippen LogP contribution is 2.19. The zero-order valence-electron chi connectivity index (χ0n) is 16.0. The molecule has 0 bridgehead atoms. The second-order valence-corrected chi connectivity index (χ2v) is 5.97. The number of carbonyl (C=O) groups is 1. The van der Waals surface area contributed by atoms with Gasteiger partial charge < -0.3 is 9.47 Å². The number of amides is 1. The average molecular weight is 413 g/mol. The Balaban J connectivity index is 1.70. The van der Waals surface area contributed by atoms with Crippen molar-refractivity contribution in [3.63, 3.8) is 0 Å². The Bertz CT molecular complexity index is 1060. The third-order valence-electron chi connectivity index (χ3n) is 3.97. The molecule has 0 saturated carbocycles. The SMILES string of the molecule is COc1ccc(C)c(/C=N/NC(=O)c2cncc(-c3ccc(OC(F)F)nc3)n2)c1. The number of halogens is 2. The molecule has 0 unspecified atom stereocenters. The van der Waals surface area contributed by atoms with Gasteiger partial charge >= 0.3 is 6.61 Å². The minimum atomic E-state index is -2.96. The molecule has 3 aromatic rings. The molecule has 2 aromatic heterocycles. The van der Waals surface area contributed by atoms with Crippen molar-refractivity contribution in [3.05, 3.63) is 65.7 Å². The number of rotatable bonds is 7. The summed E-state index contributed by atoms with van der Waals surface area (Å²) in [6, 6.07) is 8.26. The number of aromatic nitrogens is 3. The molecule has 2 heterocycles. The summed E-state index contributed by atoms with van der Waals surface area (Å²) in [6.07, 6.45) is 5.50. The maximum absolute atomic E-state index is 12.3. The Hall–Kier alpha value is -3.95. The van der Waals surface area contributed by atoms with E-state index >= 15 is 0 Å². The number of methoxy groups -OCH3 is 1. The highest BCUT2D eigenvalue weighted by atomic mass is 19.3. The van der Waals surface area contributed by atoms with E-state index in [0.29, 0.717) is 17.0 Å². The molecule has 10 heteroatoms. The van der Waals surface area contributed by atoms with E-state index in [1.165, 1.54) is 36.9 Å². The summed E-state index contributed by atoms with van der Waals surface area (Å²) >= 11 is 0. The summed E-state index contributed by atoms with van der Waals surface area (Å²) in [5, 5.41) is 3.95. The van der Waals surface area contributed by atoms with Gasteiger partial charge in [0.15, 0.2) is 0 Å². The van der Waals surface area contributed by atoms with Gasteiger partial charge in [-0.1, -0.05) is 6.07 Å². The lowest BCUT2D eigenvalue weighted by atomic mass is 10.1. The third-order valence-corrected chi connectivity index (χ3v) is 3.97. The monoisotopic (exact) mass is 413 g/mol. The number of nitrogens with zero attached hydrogens (tertiary/aromatic N) is 4. The van der Waals surface area contributed by atoms with E-state index in [-0.39, 0.29) is 11.6 Å². The summed E-state index contributed by atoms with van der Waals surface area (Å²) in [5.74, 6) is -0.116. The van der Waals surface area contributed by atoms with Crippen LogP contribution in [0.2, 0.25) is 0 Å². The third kappa shape index (κ3) is 5.31. The summed E-state index contributed by atoms with van der Waals surface area (Å²) in [7, 11) is 1.56. The molecule has 30 heavy (non-hydrogen) atoms. The van der Waals surface area contributed by atoms with Gasteiger partial charge in [0.25, 0.3) is 5.91 Å². The van der Waals surface area contributed by atoms with Crippen LogP contribution < -0.4 is 14.9 Å². The molecule has 0 saturated heterocycles. The fourth-order valence-electron chi connectivity index (χ4n) is 2.41. The molecule has 3 rings (SSSR count). The number of hydrazone groups is 1. The fourth-order valence-corrected chi connectivity index (χ4v) is 2.41. The molecule has 0 aliphatic rings.